The summed E-state index contributed by atoms with van der Waals surface area (Å²) in [7, 11) is 0. The van der Waals surface area contributed by atoms with Crippen LogP contribution in [0.25, 0.3) is 106 Å². The summed E-state index contributed by atoms with van der Waals surface area (Å²) >= 11 is 0. The van der Waals surface area contributed by atoms with E-state index in [0.29, 0.717) is 17.5 Å². The van der Waals surface area contributed by atoms with Gasteiger partial charge in [-0.05, 0) is 71.8 Å². The van der Waals surface area contributed by atoms with E-state index < -0.39 is 0 Å². The molecule has 0 aliphatic carbocycles. The average molecular weight is 719 g/mol. The quantitative estimate of drug-likeness (QED) is 0.170. The Bertz CT molecular complexity index is 3110. The summed E-state index contributed by atoms with van der Waals surface area (Å²) in [4.78, 5) is 23.9. The van der Waals surface area contributed by atoms with E-state index in [1.165, 1.54) is 0 Å². The number of aromatic nitrogens is 6. The molecule has 0 saturated heterocycles. The molecule has 262 valence electrons. The van der Waals surface area contributed by atoms with Gasteiger partial charge in [0.25, 0.3) is 0 Å². The minimum absolute atomic E-state index is 0.533. The number of hydrogen-bond donors (Lipinski definition) is 0. The van der Waals surface area contributed by atoms with Crippen LogP contribution in [0.15, 0.2) is 187 Å². The molecule has 0 fully saturated rings. The van der Waals surface area contributed by atoms with Gasteiger partial charge >= 0.3 is 0 Å². The summed E-state index contributed by atoms with van der Waals surface area (Å²) in [6.45, 7) is 0. The molecule has 11 aromatic rings. The molecule has 0 radical (unpaired) electrons. The number of pyridine rings is 2. The zero-order chi connectivity index (χ0) is 37.0. The highest BCUT2D eigenvalue weighted by atomic mass is 16.3. The molecule has 0 unspecified atom stereocenters. The number of hydrogen-bond acceptors (Lipinski definition) is 6. The van der Waals surface area contributed by atoms with Gasteiger partial charge in [0.1, 0.15) is 11.2 Å². The van der Waals surface area contributed by atoms with Crippen molar-refractivity contribution in [2.75, 3.05) is 0 Å². The Balaban J connectivity index is 1.26. The molecule has 0 spiro atoms. The molecular formula is C49H30N6O. The zero-order valence-corrected chi connectivity index (χ0v) is 29.9. The third-order valence-electron chi connectivity index (χ3n) is 10.4. The second-order valence-corrected chi connectivity index (χ2v) is 13.7. The Labute approximate surface area is 321 Å². The monoisotopic (exact) mass is 718 g/mol. The lowest BCUT2D eigenvalue weighted by atomic mass is 9.92. The molecule has 5 heterocycles. The number of para-hydroxylation sites is 2. The van der Waals surface area contributed by atoms with Crippen LogP contribution >= 0.6 is 0 Å². The van der Waals surface area contributed by atoms with Crippen LogP contribution in [0.5, 0.6) is 0 Å². The van der Waals surface area contributed by atoms with Crippen LogP contribution < -0.4 is 0 Å². The van der Waals surface area contributed by atoms with E-state index in [-0.39, 0.29) is 0 Å². The normalized spacial score (nSPS) is 11.6. The second kappa shape index (κ2) is 13.0. The van der Waals surface area contributed by atoms with Crippen LogP contribution in [0.4, 0.5) is 0 Å². The zero-order valence-electron chi connectivity index (χ0n) is 29.9. The van der Waals surface area contributed by atoms with E-state index >= 15 is 0 Å². The van der Waals surface area contributed by atoms with Gasteiger partial charge in [0.05, 0.1) is 22.1 Å². The molecule has 0 saturated carbocycles. The van der Waals surface area contributed by atoms with Gasteiger partial charge in [-0.2, -0.15) is 0 Å². The lowest BCUT2D eigenvalue weighted by molar-refractivity contribution is 0.673. The minimum Gasteiger partial charge on any atom is -0.455 e. The highest BCUT2D eigenvalue weighted by Gasteiger charge is 2.25. The molecule has 7 heteroatoms. The Kier molecular flexibility index (Phi) is 7.35. The number of rotatable bonds is 6. The summed E-state index contributed by atoms with van der Waals surface area (Å²) in [5.74, 6) is 1.61. The van der Waals surface area contributed by atoms with E-state index in [1.54, 1.807) is 24.8 Å². The minimum atomic E-state index is 0.533. The van der Waals surface area contributed by atoms with Gasteiger partial charge in [-0.25, -0.2) is 15.0 Å². The van der Waals surface area contributed by atoms with Gasteiger partial charge in [-0.15, -0.1) is 0 Å². The Hall–Kier alpha value is -7.77. The topological polar surface area (TPSA) is 82.5 Å². The van der Waals surface area contributed by atoms with Crippen LogP contribution in [0, 0.1) is 0 Å². The summed E-state index contributed by atoms with van der Waals surface area (Å²) in [6, 6.07) is 54.6. The molecule has 5 aromatic heterocycles. The fourth-order valence-electron chi connectivity index (χ4n) is 7.91. The molecule has 0 aliphatic rings. The molecule has 56 heavy (non-hydrogen) atoms. The first-order valence-corrected chi connectivity index (χ1v) is 18.5. The number of benzene rings is 6. The first-order valence-electron chi connectivity index (χ1n) is 18.5. The molecule has 6 aromatic carbocycles. The SMILES string of the molecule is c1ccc(-c2cc(-c3nc(-c4cccnc4)nc(-c4cccnc4)n3)cc(-c3ccccc3)c2-n2c3ccccc3c3c4oc5ccccc5c4ccc32)cc1. The Morgan fingerprint density at radius 1 is 0.411 bits per heavy atom. The van der Waals surface area contributed by atoms with Crippen molar-refractivity contribution in [2.24, 2.45) is 0 Å². The van der Waals surface area contributed by atoms with Gasteiger partial charge in [0.2, 0.25) is 0 Å². The van der Waals surface area contributed by atoms with Crippen molar-refractivity contribution in [2.45, 2.75) is 0 Å². The van der Waals surface area contributed by atoms with E-state index in [9.17, 15) is 0 Å². The van der Waals surface area contributed by atoms with Gasteiger partial charge in [0.15, 0.2) is 17.5 Å². The maximum atomic E-state index is 6.68. The van der Waals surface area contributed by atoms with Gasteiger partial charge in [-0.1, -0.05) is 97.1 Å². The summed E-state index contributed by atoms with van der Waals surface area (Å²) in [5.41, 5.74) is 11.6. The predicted octanol–water partition coefficient (Wildman–Crippen LogP) is 12.0. The Morgan fingerprint density at radius 2 is 0.946 bits per heavy atom. The van der Waals surface area contributed by atoms with Crippen LogP contribution in [0.3, 0.4) is 0 Å². The number of nitrogens with zero attached hydrogens (tertiary/aromatic N) is 6. The van der Waals surface area contributed by atoms with Gasteiger partial charge < -0.3 is 8.98 Å². The second-order valence-electron chi connectivity index (χ2n) is 13.7. The lowest BCUT2D eigenvalue weighted by Gasteiger charge is -2.21. The van der Waals surface area contributed by atoms with Crippen molar-refractivity contribution >= 4 is 43.7 Å². The highest BCUT2D eigenvalue weighted by molar-refractivity contribution is 6.24. The van der Waals surface area contributed by atoms with Crippen molar-refractivity contribution in [3.8, 4) is 62.1 Å². The molecule has 0 aliphatic heterocycles. The predicted molar refractivity (Wildman–Crippen MR) is 224 cm³/mol. The van der Waals surface area contributed by atoms with Crippen LogP contribution in [0.1, 0.15) is 0 Å². The number of fused-ring (bicyclic) bond motifs is 7. The third kappa shape index (κ3) is 5.17. The van der Waals surface area contributed by atoms with Crippen molar-refractivity contribution in [3.63, 3.8) is 0 Å². The van der Waals surface area contributed by atoms with Crippen molar-refractivity contribution in [1.29, 1.82) is 0 Å². The largest absolute Gasteiger partial charge is 0.455 e. The van der Waals surface area contributed by atoms with E-state index in [1.807, 2.05) is 36.4 Å². The first kappa shape index (κ1) is 31.7. The Morgan fingerprint density at radius 3 is 1.55 bits per heavy atom. The summed E-state index contributed by atoms with van der Waals surface area (Å²) in [6.07, 6.45) is 7.06. The summed E-state index contributed by atoms with van der Waals surface area (Å²) in [5, 5.41) is 4.40. The highest BCUT2D eigenvalue weighted by Crippen LogP contribution is 2.46. The van der Waals surface area contributed by atoms with E-state index in [4.69, 9.17) is 19.4 Å². The van der Waals surface area contributed by atoms with E-state index in [0.717, 1.165) is 88.4 Å². The standard InChI is InChI=1S/C49H30N6O/c1-3-13-31(14-4-1)39-27-35(49-53-47(33-17-11-25-50-29-33)52-48(54-49)34-18-12-26-51-30-34)28-40(32-15-5-2-6-16-32)45(39)55-41-21-9-7-20-38(41)44-42(55)24-23-37-36-19-8-10-22-43(36)56-46(37)44/h1-30H. The van der Waals surface area contributed by atoms with Gasteiger partial charge in [-0.3, -0.25) is 9.97 Å². The first-order chi connectivity index (χ1) is 27.8. The fourth-order valence-corrected chi connectivity index (χ4v) is 7.91. The van der Waals surface area contributed by atoms with Crippen LogP contribution in [0.2, 0.25) is 0 Å². The van der Waals surface area contributed by atoms with Crippen LogP contribution in [-0.4, -0.2) is 29.5 Å². The maximum absolute atomic E-state index is 6.68. The fraction of sp³-hybridized carbons (Fsp3) is 0. The smallest absolute Gasteiger partial charge is 0.165 e. The molecule has 0 amide bonds. The van der Waals surface area contributed by atoms with Crippen LogP contribution in [-0.2, 0) is 0 Å². The van der Waals surface area contributed by atoms with Crippen molar-refractivity contribution < 1.29 is 4.42 Å². The molecule has 0 bridgehead atoms. The van der Waals surface area contributed by atoms with E-state index in [2.05, 4.69) is 136 Å². The van der Waals surface area contributed by atoms with Crippen molar-refractivity contribution in [1.82, 2.24) is 29.5 Å². The number of furan rings is 1. The molecule has 0 N–H and O–H groups in total. The van der Waals surface area contributed by atoms with Crippen molar-refractivity contribution in [3.05, 3.63) is 183 Å². The van der Waals surface area contributed by atoms with Gasteiger partial charge in [0, 0.05) is 68.8 Å². The molecule has 7 nitrogen and oxygen atoms in total. The molecule has 11 rings (SSSR count). The summed E-state index contributed by atoms with van der Waals surface area (Å²) < 4.78 is 9.08. The lowest BCUT2D eigenvalue weighted by Crippen LogP contribution is -2.04. The average Bonchev–Trinajstić information content (AvgIpc) is 3.83. The maximum Gasteiger partial charge on any atom is 0.165 e. The third-order valence-corrected chi connectivity index (χ3v) is 10.4. The molecule has 0 atom stereocenters. The molecular weight excluding hydrogens is 689 g/mol.